The van der Waals surface area contributed by atoms with E-state index in [1.165, 1.54) is 21.6 Å². The van der Waals surface area contributed by atoms with Crippen LogP contribution in [0.25, 0.3) is 0 Å². The second-order valence-electron chi connectivity index (χ2n) is 16.3. The Labute approximate surface area is 352 Å². The zero-order chi connectivity index (χ0) is 41.8. The van der Waals surface area contributed by atoms with Crippen molar-refractivity contribution in [2.75, 3.05) is 25.0 Å². The van der Waals surface area contributed by atoms with Gasteiger partial charge in [0.2, 0.25) is 29.5 Å². The van der Waals surface area contributed by atoms with Crippen molar-refractivity contribution in [3.8, 4) is 0 Å². The number of esters is 1. The minimum Gasteiger partial charge on any atom is -0.458 e. The molecule has 0 bridgehead atoms. The summed E-state index contributed by atoms with van der Waals surface area (Å²) in [5.41, 5.74) is 3.22. The lowest BCUT2D eigenvalue weighted by Gasteiger charge is -2.39. The number of benzene rings is 2. The number of hydrogen-bond donors (Lipinski definition) is 4. The molecule has 312 valence electrons. The minimum atomic E-state index is -1.47. The average Bonchev–Trinajstić information content (AvgIpc) is 3.83. The van der Waals surface area contributed by atoms with Crippen LogP contribution in [0.2, 0.25) is 0 Å². The van der Waals surface area contributed by atoms with Crippen molar-refractivity contribution >= 4 is 69.8 Å². The number of hydrogen-bond acceptors (Lipinski definition) is 8. The predicted octanol–water partition coefficient (Wildman–Crippen LogP) is 3.18. The van der Waals surface area contributed by atoms with E-state index in [1.54, 1.807) is 19.1 Å². The van der Waals surface area contributed by atoms with Crippen molar-refractivity contribution in [3.05, 3.63) is 62.7 Å². The maximum absolute atomic E-state index is 14.8. The van der Waals surface area contributed by atoms with E-state index < -0.39 is 78.0 Å². The Morgan fingerprint density at radius 3 is 2.19 bits per heavy atom. The van der Waals surface area contributed by atoms with E-state index in [2.05, 4.69) is 43.9 Å². The molecule has 4 fully saturated rings. The Bertz CT molecular complexity index is 1910. The molecule has 58 heavy (non-hydrogen) atoms. The molecule has 4 saturated heterocycles. The topological polar surface area (TPSA) is 187 Å². The quantitative estimate of drug-likeness (QED) is 0.252. The molecule has 4 heterocycles. The van der Waals surface area contributed by atoms with Gasteiger partial charge in [-0.05, 0) is 125 Å². The van der Waals surface area contributed by atoms with Gasteiger partial charge in [-0.2, -0.15) is 0 Å². The lowest BCUT2D eigenvalue weighted by atomic mass is 9.98. The largest absolute Gasteiger partial charge is 0.458 e. The number of ether oxygens (including phenoxy) is 1. The number of nitrogens with zero attached hydrogens (tertiary/aromatic N) is 3. The summed E-state index contributed by atoms with van der Waals surface area (Å²) in [5.74, 6) is -3.46. The van der Waals surface area contributed by atoms with Crippen LogP contribution in [-0.2, 0) is 39.9 Å². The summed E-state index contributed by atoms with van der Waals surface area (Å²) in [5, 5.41) is 11.2. The van der Waals surface area contributed by atoms with E-state index in [4.69, 9.17) is 4.74 Å². The van der Waals surface area contributed by atoms with E-state index in [-0.39, 0.29) is 31.3 Å². The lowest BCUT2D eigenvalue weighted by Crippen LogP contribution is -2.63. The van der Waals surface area contributed by atoms with Crippen molar-refractivity contribution in [1.82, 2.24) is 30.7 Å². The van der Waals surface area contributed by atoms with E-state index in [1.807, 2.05) is 51.1 Å². The van der Waals surface area contributed by atoms with Crippen LogP contribution in [-0.4, -0.2) is 118 Å². The van der Waals surface area contributed by atoms with E-state index in [0.29, 0.717) is 50.8 Å². The monoisotopic (exact) mass is 911 g/mol. The van der Waals surface area contributed by atoms with Gasteiger partial charge in [0.25, 0.3) is 0 Å². The Hall–Kier alpha value is -4.74. The highest BCUT2D eigenvalue weighted by Crippen LogP contribution is 2.29. The first-order valence-electron chi connectivity index (χ1n) is 20.2. The van der Waals surface area contributed by atoms with Gasteiger partial charge in [-0.1, -0.05) is 36.2 Å². The summed E-state index contributed by atoms with van der Waals surface area (Å²) in [6.45, 7) is 9.62. The van der Waals surface area contributed by atoms with Crippen molar-refractivity contribution in [3.63, 3.8) is 0 Å². The highest BCUT2D eigenvalue weighted by atomic mass is 127. The van der Waals surface area contributed by atoms with E-state index in [9.17, 15) is 33.6 Å². The molecular weight excluding hydrogens is 857 g/mol. The third-order valence-corrected chi connectivity index (χ3v) is 12.2. The van der Waals surface area contributed by atoms with Gasteiger partial charge in [0.1, 0.15) is 42.4 Å². The molecule has 0 saturated carbocycles. The van der Waals surface area contributed by atoms with Gasteiger partial charge in [-0.3, -0.25) is 24.0 Å². The second kappa shape index (κ2) is 18.5. The first-order chi connectivity index (χ1) is 27.6. The summed E-state index contributed by atoms with van der Waals surface area (Å²) < 4.78 is 6.96. The first-order valence-corrected chi connectivity index (χ1v) is 21.3. The standard InChI is InChI=1S/C42H54IN7O8/c1-23-17-24(2)19-28(18-23)21-31(46-42(57)45-30-13-11-29(43)12-14-30)36(51)47-35-27(5)58-41(56)34-20-25(3)22-50(34)38(53)26(4)44-37(52)32-9-6-7-15-48(32)39(54)33-10-8-16-49(33)40(35)55/h11-14,17-19,25-27,31-35H,6-10,15-16,20-22H2,1-5H3,(H,44,52)(H,47,51)(H2,45,46,57)/t25-,26+,27+,31+,32+,33+,34+,35+/m1/s1. The summed E-state index contributed by atoms with van der Waals surface area (Å²) in [7, 11) is 0. The maximum Gasteiger partial charge on any atom is 0.329 e. The molecule has 4 aliphatic rings. The number of aryl methyl sites for hydroxylation is 2. The molecule has 4 N–H and O–H groups in total. The number of halogens is 1. The Balaban J connectivity index is 1.34. The third kappa shape index (κ3) is 9.92. The smallest absolute Gasteiger partial charge is 0.329 e. The zero-order valence-electron chi connectivity index (χ0n) is 33.7. The Morgan fingerprint density at radius 1 is 0.828 bits per heavy atom. The highest BCUT2D eigenvalue weighted by Gasteiger charge is 2.47. The predicted molar refractivity (Wildman–Crippen MR) is 223 cm³/mol. The zero-order valence-corrected chi connectivity index (χ0v) is 35.9. The summed E-state index contributed by atoms with van der Waals surface area (Å²) in [4.78, 5) is 103. The number of cyclic esters (lactones) is 1. The SMILES string of the molecule is Cc1cc(C)cc(C[C@H](NC(=O)Nc2ccc(I)cc2)C(=O)N[C@@H]2C(=O)N3CCC[C@H]3C(=O)N3CCCC[C@H]3C(=O)N[C@@H](C)C(=O)N3C[C@H](C)C[C@H]3C(=O)O[C@H]2C)c1. The molecule has 8 atom stereocenters. The number of fused-ring (bicyclic) bond motifs is 3. The van der Waals surface area contributed by atoms with Crippen LogP contribution < -0.4 is 21.3 Å². The molecule has 6 rings (SSSR count). The van der Waals surface area contributed by atoms with Crippen molar-refractivity contribution in [1.29, 1.82) is 0 Å². The van der Waals surface area contributed by atoms with Crippen LogP contribution in [0.3, 0.4) is 0 Å². The second-order valence-corrected chi connectivity index (χ2v) is 17.5. The molecule has 0 aromatic heterocycles. The normalized spacial score (nSPS) is 27.5. The fourth-order valence-corrected chi connectivity index (χ4v) is 9.07. The molecule has 0 radical (unpaired) electrons. The van der Waals surface area contributed by atoms with Crippen LogP contribution in [0.15, 0.2) is 42.5 Å². The lowest BCUT2D eigenvalue weighted by molar-refractivity contribution is -0.163. The summed E-state index contributed by atoms with van der Waals surface area (Å²) in [6.07, 6.45) is 1.75. The number of rotatable bonds is 6. The van der Waals surface area contributed by atoms with Gasteiger partial charge < -0.3 is 40.7 Å². The van der Waals surface area contributed by atoms with Crippen molar-refractivity contribution < 1.29 is 38.3 Å². The number of amides is 7. The molecule has 2 aromatic rings. The number of piperidine rings is 1. The minimum absolute atomic E-state index is 0.0570. The van der Waals surface area contributed by atoms with Gasteiger partial charge >= 0.3 is 12.0 Å². The van der Waals surface area contributed by atoms with Crippen LogP contribution >= 0.6 is 22.6 Å². The van der Waals surface area contributed by atoms with Gasteiger partial charge in [0, 0.05) is 35.3 Å². The molecule has 0 spiro atoms. The van der Waals surface area contributed by atoms with E-state index in [0.717, 1.165) is 20.3 Å². The summed E-state index contributed by atoms with van der Waals surface area (Å²) >= 11 is 2.16. The van der Waals surface area contributed by atoms with Gasteiger partial charge in [0.05, 0.1) is 0 Å². The number of carbonyl (C=O) groups is 7. The van der Waals surface area contributed by atoms with Gasteiger partial charge in [-0.25, -0.2) is 9.59 Å². The fourth-order valence-electron chi connectivity index (χ4n) is 8.71. The van der Waals surface area contributed by atoms with Gasteiger partial charge in [-0.15, -0.1) is 0 Å². The van der Waals surface area contributed by atoms with Crippen LogP contribution in [0.5, 0.6) is 0 Å². The van der Waals surface area contributed by atoms with E-state index >= 15 is 0 Å². The number of nitrogens with one attached hydrogen (secondary N) is 4. The maximum atomic E-state index is 14.8. The van der Waals surface area contributed by atoms with Crippen molar-refractivity contribution in [2.24, 2.45) is 5.92 Å². The molecule has 15 nitrogen and oxygen atoms in total. The summed E-state index contributed by atoms with van der Waals surface area (Å²) in [6, 6.07) is 5.95. The molecule has 0 unspecified atom stereocenters. The Morgan fingerprint density at radius 2 is 1.48 bits per heavy atom. The average molecular weight is 912 g/mol. The van der Waals surface area contributed by atoms with Crippen LogP contribution in [0.4, 0.5) is 10.5 Å². The molecule has 16 heteroatoms. The Kier molecular flexibility index (Phi) is 13.6. The van der Waals surface area contributed by atoms with Crippen LogP contribution in [0, 0.1) is 23.3 Å². The number of urea groups is 1. The fraction of sp³-hybridized carbons (Fsp3) is 0.548. The number of carbonyl (C=O) groups excluding carboxylic acids is 7. The molecule has 7 amide bonds. The van der Waals surface area contributed by atoms with Crippen LogP contribution in [0.1, 0.15) is 76.0 Å². The molecule has 0 aliphatic carbocycles. The van der Waals surface area contributed by atoms with Gasteiger partial charge in [0.15, 0.2) is 0 Å². The van der Waals surface area contributed by atoms with Crippen molar-refractivity contribution in [2.45, 2.75) is 122 Å². The molecular formula is C42H54IN7O8. The first kappa shape index (κ1) is 42.9. The number of anilines is 1. The molecule has 4 aliphatic heterocycles. The molecule has 2 aromatic carbocycles. The third-order valence-electron chi connectivity index (χ3n) is 11.5. The highest BCUT2D eigenvalue weighted by molar-refractivity contribution is 14.1.